The van der Waals surface area contributed by atoms with Crippen molar-refractivity contribution >= 4 is 5.97 Å². The SMILES string of the molecule is CCC(C)C(=O)OCCOCCOc1ccccc1. The zero-order valence-electron chi connectivity index (χ0n) is 11.6. The summed E-state index contributed by atoms with van der Waals surface area (Å²) in [5.74, 6) is 0.627. The van der Waals surface area contributed by atoms with Crippen molar-refractivity contribution in [2.24, 2.45) is 5.92 Å². The number of para-hydroxylation sites is 1. The van der Waals surface area contributed by atoms with Gasteiger partial charge in [-0.1, -0.05) is 32.0 Å². The average molecular weight is 266 g/mol. The van der Waals surface area contributed by atoms with Crippen LogP contribution in [0.2, 0.25) is 0 Å². The van der Waals surface area contributed by atoms with Crippen LogP contribution < -0.4 is 4.74 Å². The summed E-state index contributed by atoms with van der Waals surface area (Å²) in [6.07, 6.45) is 0.796. The Labute approximate surface area is 114 Å². The van der Waals surface area contributed by atoms with Crippen LogP contribution >= 0.6 is 0 Å². The van der Waals surface area contributed by atoms with Crippen LogP contribution in [0.4, 0.5) is 0 Å². The van der Waals surface area contributed by atoms with Gasteiger partial charge in [0.25, 0.3) is 0 Å². The molecular formula is C15H22O4. The third kappa shape index (κ3) is 6.82. The van der Waals surface area contributed by atoms with Crippen molar-refractivity contribution in [2.45, 2.75) is 20.3 Å². The predicted molar refractivity (Wildman–Crippen MR) is 73.2 cm³/mol. The number of carbonyl (C=O) groups excluding carboxylic acids is 1. The lowest BCUT2D eigenvalue weighted by Crippen LogP contribution is -2.18. The predicted octanol–water partition coefficient (Wildman–Crippen LogP) is 2.67. The van der Waals surface area contributed by atoms with E-state index < -0.39 is 0 Å². The highest BCUT2D eigenvalue weighted by Crippen LogP contribution is 2.07. The quantitative estimate of drug-likeness (QED) is 0.509. The lowest BCUT2D eigenvalue weighted by Gasteiger charge is -2.10. The van der Waals surface area contributed by atoms with Gasteiger partial charge in [0.1, 0.15) is 19.0 Å². The first-order chi connectivity index (χ1) is 9.24. The highest BCUT2D eigenvalue weighted by Gasteiger charge is 2.10. The summed E-state index contributed by atoms with van der Waals surface area (Å²) in [5, 5.41) is 0. The van der Waals surface area contributed by atoms with E-state index in [2.05, 4.69) is 0 Å². The summed E-state index contributed by atoms with van der Waals surface area (Å²) in [4.78, 5) is 11.3. The molecule has 4 heteroatoms. The fraction of sp³-hybridized carbons (Fsp3) is 0.533. The molecule has 1 aromatic carbocycles. The van der Waals surface area contributed by atoms with Gasteiger partial charge in [0.05, 0.1) is 19.1 Å². The van der Waals surface area contributed by atoms with E-state index in [0.29, 0.717) is 26.4 Å². The molecule has 1 unspecified atom stereocenters. The van der Waals surface area contributed by atoms with Crippen molar-refractivity contribution < 1.29 is 19.0 Å². The van der Waals surface area contributed by atoms with Gasteiger partial charge in [-0.15, -0.1) is 0 Å². The number of ether oxygens (including phenoxy) is 3. The Balaban J connectivity index is 1.96. The Morgan fingerprint density at radius 1 is 1.11 bits per heavy atom. The smallest absolute Gasteiger partial charge is 0.308 e. The Kier molecular flexibility index (Phi) is 7.66. The molecule has 106 valence electrons. The molecule has 0 aliphatic carbocycles. The molecule has 19 heavy (non-hydrogen) atoms. The average Bonchev–Trinajstić information content (AvgIpc) is 2.46. The molecule has 1 atom stereocenters. The molecule has 0 radical (unpaired) electrons. The minimum atomic E-state index is -0.161. The van der Waals surface area contributed by atoms with Crippen molar-refractivity contribution in [3.63, 3.8) is 0 Å². The maximum absolute atomic E-state index is 11.3. The van der Waals surface area contributed by atoms with E-state index in [0.717, 1.165) is 12.2 Å². The molecule has 0 aliphatic heterocycles. The van der Waals surface area contributed by atoms with Crippen molar-refractivity contribution in [3.8, 4) is 5.75 Å². The number of esters is 1. The van der Waals surface area contributed by atoms with Crippen molar-refractivity contribution in [1.29, 1.82) is 0 Å². The lowest BCUT2D eigenvalue weighted by atomic mass is 10.1. The first-order valence-electron chi connectivity index (χ1n) is 6.66. The van der Waals surface area contributed by atoms with Crippen LogP contribution in [0, 0.1) is 5.92 Å². The maximum Gasteiger partial charge on any atom is 0.308 e. The van der Waals surface area contributed by atoms with E-state index in [1.165, 1.54) is 0 Å². The number of benzene rings is 1. The minimum absolute atomic E-state index is 0.0404. The van der Waals surface area contributed by atoms with E-state index in [4.69, 9.17) is 14.2 Å². The summed E-state index contributed by atoms with van der Waals surface area (Å²) in [6.45, 7) is 5.49. The van der Waals surface area contributed by atoms with Gasteiger partial charge in [0.15, 0.2) is 0 Å². The van der Waals surface area contributed by atoms with Crippen LogP contribution in [0.15, 0.2) is 30.3 Å². The summed E-state index contributed by atoms with van der Waals surface area (Å²) < 4.78 is 15.8. The van der Waals surface area contributed by atoms with Crippen molar-refractivity contribution in [3.05, 3.63) is 30.3 Å². The maximum atomic E-state index is 11.3. The topological polar surface area (TPSA) is 44.8 Å². The number of rotatable bonds is 9. The Morgan fingerprint density at radius 2 is 1.79 bits per heavy atom. The van der Waals surface area contributed by atoms with E-state index in [-0.39, 0.29) is 11.9 Å². The van der Waals surface area contributed by atoms with Crippen molar-refractivity contribution in [1.82, 2.24) is 0 Å². The second kappa shape index (κ2) is 9.39. The first-order valence-corrected chi connectivity index (χ1v) is 6.66. The highest BCUT2D eigenvalue weighted by atomic mass is 16.6. The zero-order valence-corrected chi connectivity index (χ0v) is 11.6. The summed E-state index contributed by atoms with van der Waals surface area (Å²) in [5.41, 5.74) is 0. The van der Waals surface area contributed by atoms with Gasteiger partial charge in [-0.3, -0.25) is 4.79 Å². The first kappa shape index (κ1) is 15.5. The summed E-state index contributed by atoms with van der Waals surface area (Å²) in [7, 11) is 0. The van der Waals surface area contributed by atoms with Gasteiger partial charge < -0.3 is 14.2 Å². The minimum Gasteiger partial charge on any atom is -0.491 e. The normalized spacial score (nSPS) is 11.9. The molecule has 0 saturated carbocycles. The number of hydrogen-bond donors (Lipinski definition) is 0. The third-order valence-corrected chi connectivity index (χ3v) is 2.73. The third-order valence-electron chi connectivity index (χ3n) is 2.73. The molecule has 0 aliphatic rings. The summed E-state index contributed by atoms with van der Waals surface area (Å²) >= 11 is 0. The molecule has 0 spiro atoms. The summed E-state index contributed by atoms with van der Waals surface area (Å²) in [6, 6.07) is 9.58. The van der Waals surface area contributed by atoms with Gasteiger partial charge in [-0.25, -0.2) is 0 Å². The molecule has 0 bridgehead atoms. The lowest BCUT2D eigenvalue weighted by molar-refractivity contribution is -0.149. The molecule has 0 heterocycles. The van der Waals surface area contributed by atoms with Crippen LogP contribution in [-0.2, 0) is 14.3 Å². The van der Waals surface area contributed by atoms with Gasteiger partial charge >= 0.3 is 5.97 Å². The number of carbonyl (C=O) groups is 1. The second-order valence-electron chi connectivity index (χ2n) is 4.25. The van der Waals surface area contributed by atoms with Gasteiger partial charge in [0.2, 0.25) is 0 Å². The molecular weight excluding hydrogens is 244 g/mol. The van der Waals surface area contributed by atoms with Crippen molar-refractivity contribution in [2.75, 3.05) is 26.4 Å². The molecule has 1 rings (SSSR count). The fourth-order valence-electron chi connectivity index (χ4n) is 1.35. The molecule has 1 aromatic rings. The van der Waals surface area contributed by atoms with Gasteiger partial charge in [-0.2, -0.15) is 0 Å². The molecule has 0 saturated heterocycles. The van der Waals surface area contributed by atoms with Crippen LogP contribution in [0.5, 0.6) is 5.75 Å². The Morgan fingerprint density at radius 3 is 2.47 bits per heavy atom. The van der Waals surface area contributed by atoms with Crippen LogP contribution in [0.3, 0.4) is 0 Å². The molecule has 0 N–H and O–H groups in total. The largest absolute Gasteiger partial charge is 0.491 e. The van der Waals surface area contributed by atoms with E-state index in [1.54, 1.807) is 0 Å². The molecule has 4 nitrogen and oxygen atoms in total. The molecule has 0 aromatic heterocycles. The standard InChI is InChI=1S/C15H22O4/c1-3-13(2)15(16)19-12-10-17-9-11-18-14-7-5-4-6-8-14/h4-8,13H,3,9-12H2,1-2H3. The fourth-order valence-corrected chi connectivity index (χ4v) is 1.35. The Bertz CT molecular complexity index is 350. The second-order valence-corrected chi connectivity index (χ2v) is 4.25. The van der Waals surface area contributed by atoms with Gasteiger partial charge in [-0.05, 0) is 18.6 Å². The van der Waals surface area contributed by atoms with Crippen LogP contribution in [0.25, 0.3) is 0 Å². The monoisotopic (exact) mass is 266 g/mol. The zero-order chi connectivity index (χ0) is 13.9. The Hall–Kier alpha value is -1.55. The van der Waals surface area contributed by atoms with Crippen LogP contribution in [-0.4, -0.2) is 32.4 Å². The molecule has 0 fully saturated rings. The van der Waals surface area contributed by atoms with Gasteiger partial charge in [0, 0.05) is 0 Å². The van der Waals surface area contributed by atoms with E-state index in [9.17, 15) is 4.79 Å². The highest BCUT2D eigenvalue weighted by molar-refractivity contribution is 5.71. The van der Waals surface area contributed by atoms with E-state index in [1.807, 2.05) is 44.2 Å². The molecule has 0 amide bonds. The number of hydrogen-bond acceptors (Lipinski definition) is 4. The van der Waals surface area contributed by atoms with Crippen LogP contribution in [0.1, 0.15) is 20.3 Å². The van der Waals surface area contributed by atoms with E-state index >= 15 is 0 Å².